The molecule has 6 heteroatoms. The van der Waals surface area contributed by atoms with Crippen molar-refractivity contribution in [3.63, 3.8) is 0 Å². The Labute approximate surface area is 150 Å². The van der Waals surface area contributed by atoms with Crippen LogP contribution in [0.15, 0.2) is 24.3 Å². The van der Waals surface area contributed by atoms with Gasteiger partial charge in [0.15, 0.2) is 0 Å². The highest BCUT2D eigenvalue weighted by Gasteiger charge is 2.30. The topological polar surface area (TPSA) is 82.3 Å². The van der Waals surface area contributed by atoms with E-state index in [9.17, 15) is 9.59 Å². The molecule has 1 aliphatic heterocycles. The van der Waals surface area contributed by atoms with Crippen LogP contribution in [0, 0.1) is 11.8 Å². The monoisotopic (exact) mass is 346 g/mol. The second-order valence-electron chi connectivity index (χ2n) is 7.54. The van der Waals surface area contributed by atoms with E-state index in [1.165, 1.54) is 0 Å². The van der Waals surface area contributed by atoms with Crippen LogP contribution >= 0.6 is 0 Å². The van der Waals surface area contributed by atoms with E-state index < -0.39 is 0 Å². The number of para-hydroxylation sites is 1. The lowest BCUT2D eigenvalue weighted by Crippen LogP contribution is -2.40. The molecular weight excluding hydrogens is 316 g/mol. The van der Waals surface area contributed by atoms with Gasteiger partial charge in [0.25, 0.3) is 5.91 Å². The third kappa shape index (κ3) is 5.83. The van der Waals surface area contributed by atoms with Crippen molar-refractivity contribution in [1.29, 1.82) is 0 Å². The maximum atomic E-state index is 12.5. The van der Waals surface area contributed by atoms with Crippen LogP contribution in [0.2, 0.25) is 0 Å². The molecule has 0 saturated carbocycles. The molecule has 2 unspecified atom stereocenters. The normalized spacial score (nSPS) is 20.1. The van der Waals surface area contributed by atoms with Gasteiger partial charge in [0, 0.05) is 12.6 Å². The Morgan fingerprint density at radius 3 is 2.52 bits per heavy atom. The molecular formula is C19H30N4O2. The Hall–Kier alpha value is -1.92. The molecule has 2 atom stereocenters. The summed E-state index contributed by atoms with van der Waals surface area (Å²) in [7, 11) is 0. The fraction of sp³-hybridized carbons (Fsp3) is 0.579. The second-order valence-corrected chi connectivity index (χ2v) is 7.54. The van der Waals surface area contributed by atoms with E-state index in [1.54, 1.807) is 18.2 Å². The highest BCUT2D eigenvalue weighted by molar-refractivity contribution is 6.04. The molecule has 2 rings (SSSR count). The standard InChI is InChI=1S/C19H30N4O2/c1-12(2)9-14-10-17(23-22-14)19(25)21-16-8-6-5-7-15(16)18(24)20-11-13(3)4/h5-8,12-14,17,22-23H,9-11H2,1-4H3,(H,20,24)(H,21,25). The van der Waals surface area contributed by atoms with E-state index >= 15 is 0 Å². The zero-order valence-electron chi connectivity index (χ0n) is 15.6. The summed E-state index contributed by atoms with van der Waals surface area (Å²) >= 11 is 0. The first-order chi connectivity index (χ1) is 11.9. The van der Waals surface area contributed by atoms with Gasteiger partial charge < -0.3 is 10.6 Å². The number of carbonyl (C=O) groups excluding carboxylic acids is 2. The lowest BCUT2D eigenvalue weighted by Gasteiger charge is -2.15. The van der Waals surface area contributed by atoms with E-state index in [0.29, 0.717) is 35.7 Å². The summed E-state index contributed by atoms with van der Waals surface area (Å²) in [6.45, 7) is 9.02. The SMILES string of the molecule is CC(C)CNC(=O)c1ccccc1NC(=O)C1CC(CC(C)C)NN1. The van der Waals surface area contributed by atoms with Crippen LogP contribution in [0.4, 0.5) is 5.69 Å². The van der Waals surface area contributed by atoms with Crippen LogP contribution in [0.5, 0.6) is 0 Å². The van der Waals surface area contributed by atoms with Crippen LogP contribution in [0.3, 0.4) is 0 Å². The number of amides is 2. The zero-order chi connectivity index (χ0) is 18.4. The number of nitrogens with one attached hydrogen (secondary N) is 4. The van der Waals surface area contributed by atoms with Gasteiger partial charge in [-0.1, -0.05) is 39.8 Å². The van der Waals surface area contributed by atoms with Crippen molar-refractivity contribution >= 4 is 17.5 Å². The van der Waals surface area contributed by atoms with Crippen molar-refractivity contribution < 1.29 is 9.59 Å². The molecule has 6 nitrogen and oxygen atoms in total. The van der Waals surface area contributed by atoms with Gasteiger partial charge >= 0.3 is 0 Å². The van der Waals surface area contributed by atoms with Gasteiger partial charge in [-0.25, -0.2) is 5.43 Å². The van der Waals surface area contributed by atoms with E-state index in [4.69, 9.17) is 0 Å². The number of benzene rings is 1. The summed E-state index contributed by atoms with van der Waals surface area (Å²) in [5.74, 6) is 0.659. The number of hydrogen-bond acceptors (Lipinski definition) is 4. The molecule has 0 bridgehead atoms. The Balaban J connectivity index is 1.98. The summed E-state index contributed by atoms with van der Waals surface area (Å²) in [6, 6.07) is 7.10. The maximum absolute atomic E-state index is 12.5. The molecule has 0 aliphatic carbocycles. The minimum atomic E-state index is -0.296. The van der Waals surface area contributed by atoms with E-state index in [2.05, 4.69) is 35.3 Å². The Kier molecular flexibility index (Phi) is 6.96. The molecule has 0 spiro atoms. The van der Waals surface area contributed by atoms with Gasteiger partial charge in [0.2, 0.25) is 5.91 Å². The third-order valence-electron chi connectivity index (χ3n) is 4.15. The van der Waals surface area contributed by atoms with Gasteiger partial charge in [-0.05, 0) is 36.8 Å². The quantitative estimate of drug-likeness (QED) is 0.610. The average molecular weight is 346 g/mol. The molecule has 1 aromatic carbocycles. The zero-order valence-corrected chi connectivity index (χ0v) is 15.6. The summed E-state index contributed by atoms with van der Waals surface area (Å²) in [4.78, 5) is 24.9. The lowest BCUT2D eigenvalue weighted by atomic mass is 10.00. The summed E-state index contributed by atoms with van der Waals surface area (Å²) in [6.07, 6.45) is 1.76. The van der Waals surface area contributed by atoms with Gasteiger partial charge in [0.1, 0.15) is 6.04 Å². The molecule has 1 fully saturated rings. The average Bonchev–Trinajstić information content (AvgIpc) is 3.01. The number of hydrazine groups is 1. The van der Waals surface area contributed by atoms with Crippen molar-refractivity contribution in [1.82, 2.24) is 16.2 Å². The molecule has 0 radical (unpaired) electrons. The second kappa shape index (κ2) is 8.97. The number of rotatable bonds is 7. The van der Waals surface area contributed by atoms with Gasteiger partial charge in [-0.15, -0.1) is 0 Å². The van der Waals surface area contributed by atoms with Crippen LogP contribution in [0.1, 0.15) is 50.9 Å². The first-order valence-electron chi connectivity index (χ1n) is 9.06. The molecule has 4 N–H and O–H groups in total. The van der Waals surface area contributed by atoms with Crippen LogP contribution < -0.4 is 21.5 Å². The van der Waals surface area contributed by atoms with Crippen LogP contribution in [-0.2, 0) is 4.79 Å². The van der Waals surface area contributed by atoms with Crippen molar-refractivity contribution in [2.45, 2.75) is 52.6 Å². The smallest absolute Gasteiger partial charge is 0.253 e. The predicted octanol–water partition coefficient (Wildman–Crippen LogP) is 2.29. The Morgan fingerprint density at radius 1 is 1.12 bits per heavy atom. The Morgan fingerprint density at radius 2 is 1.84 bits per heavy atom. The number of carbonyl (C=O) groups is 2. The van der Waals surface area contributed by atoms with Crippen molar-refractivity contribution in [2.24, 2.45) is 11.8 Å². The minimum absolute atomic E-state index is 0.122. The molecule has 138 valence electrons. The first kappa shape index (κ1) is 19.4. The molecule has 1 saturated heterocycles. The third-order valence-corrected chi connectivity index (χ3v) is 4.15. The summed E-state index contributed by atoms with van der Waals surface area (Å²) in [5.41, 5.74) is 7.27. The Bertz CT molecular complexity index is 601. The van der Waals surface area contributed by atoms with Crippen molar-refractivity contribution in [3.05, 3.63) is 29.8 Å². The van der Waals surface area contributed by atoms with Gasteiger partial charge in [-0.3, -0.25) is 15.0 Å². The van der Waals surface area contributed by atoms with Crippen molar-refractivity contribution in [3.8, 4) is 0 Å². The van der Waals surface area contributed by atoms with Crippen LogP contribution in [0.25, 0.3) is 0 Å². The highest BCUT2D eigenvalue weighted by Crippen LogP contribution is 2.18. The fourth-order valence-corrected chi connectivity index (χ4v) is 2.92. The minimum Gasteiger partial charge on any atom is -0.352 e. The van der Waals surface area contributed by atoms with Gasteiger partial charge in [-0.2, -0.15) is 0 Å². The summed E-state index contributed by atoms with van der Waals surface area (Å²) in [5, 5.41) is 5.78. The largest absolute Gasteiger partial charge is 0.352 e. The van der Waals surface area contributed by atoms with Crippen molar-refractivity contribution in [2.75, 3.05) is 11.9 Å². The van der Waals surface area contributed by atoms with Crippen LogP contribution in [-0.4, -0.2) is 30.4 Å². The first-order valence-corrected chi connectivity index (χ1v) is 9.06. The molecule has 25 heavy (non-hydrogen) atoms. The predicted molar refractivity (Wildman–Crippen MR) is 100 cm³/mol. The van der Waals surface area contributed by atoms with E-state index in [0.717, 1.165) is 12.8 Å². The number of anilines is 1. The molecule has 2 amide bonds. The molecule has 1 heterocycles. The maximum Gasteiger partial charge on any atom is 0.253 e. The molecule has 1 aliphatic rings. The van der Waals surface area contributed by atoms with E-state index in [-0.39, 0.29) is 17.9 Å². The molecule has 0 aromatic heterocycles. The highest BCUT2D eigenvalue weighted by atomic mass is 16.2. The fourth-order valence-electron chi connectivity index (χ4n) is 2.92. The molecule has 1 aromatic rings. The number of hydrogen-bond donors (Lipinski definition) is 4. The van der Waals surface area contributed by atoms with Gasteiger partial charge in [0.05, 0.1) is 11.3 Å². The summed E-state index contributed by atoms with van der Waals surface area (Å²) < 4.78 is 0. The lowest BCUT2D eigenvalue weighted by molar-refractivity contribution is -0.117. The van der Waals surface area contributed by atoms with E-state index in [1.807, 2.05) is 19.9 Å².